The van der Waals surface area contributed by atoms with E-state index in [1.54, 1.807) is 6.07 Å². The van der Waals surface area contributed by atoms with Crippen LogP contribution >= 0.6 is 0 Å². The highest BCUT2D eigenvalue weighted by molar-refractivity contribution is 5.94. The third kappa shape index (κ3) is 3.49. The Morgan fingerprint density at radius 1 is 1.39 bits per heavy atom. The molecule has 0 unspecified atom stereocenters. The Hall–Kier alpha value is -1.51. The second-order valence-corrected chi connectivity index (χ2v) is 5.85. The van der Waals surface area contributed by atoms with Crippen molar-refractivity contribution in [1.82, 2.24) is 0 Å². The summed E-state index contributed by atoms with van der Waals surface area (Å²) in [6.45, 7) is 11.4. The first-order chi connectivity index (χ1) is 8.24. The average molecular weight is 249 g/mol. The van der Waals surface area contributed by atoms with Crippen molar-refractivity contribution in [3.8, 4) is 0 Å². The van der Waals surface area contributed by atoms with Gasteiger partial charge in [-0.15, -0.1) is 0 Å². The third-order valence-corrected chi connectivity index (χ3v) is 3.70. The normalized spacial score (nSPS) is 11.7. The number of benzene rings is 1. The Morgan fingerprint density at radius 2 is 2.00 bits per heavy atom. The van der Waals surface area contributed by atoms with E-state index in [0.717, 1.165) is 12.1 Å². The summed E-state index contributed by atoms with van der Waals surface area (Å²) >= 11 is 0. The second-order valence-electron chi connectivity index (χ2n) is 5.85. The van der Waals surface area contributed by atoms with Crippen LogP contribution in [-0.4, -0.2) is 17.6 Å². The molecular formula is C15H23NO2. The maximum Gasteiger partial charge on any atom is 0.337 e. The largest absolute Gasteiger partial charge is 0.478 e. The second kappa shape index (κ2) is 5.42. The fourth-order valence-corrected chi connectivity index (χ4v) is 1.52. The number of nitrogens with one attached hydrogen (secondary N) is 1. The highest BCUT2D eigenvalue weighted by Crippen LogP contribution is 2.27. The number of carbonyl (C=O) groups is 1. The molecule has 2 N–H and O–H groups in total. The quantitative estimate of drug-likeness (QED) is 0.834. The van der Waals surface area contributed by atoms with Gasteiger partial charge in [0.25, 0.3) is 0 Å². The molecule has 1 rings (SSSR count). The van der Waals surface area contributed by atoms with Crippen molar-refractivity contribution in [3.63, 3.8) is 0 Å². The van der Waals surface area contributed by atoms with Gasteiger partial charge in [0.05, 0.1) is 5.56 Å². The minimum absolute atomic E-state index is 0.125. The molecule has 100 valence electrons. The van der Waals surface area contributed by atoms with Gasteiger partial charge in [0.2, 0.25) is 0 Å². The van der Waals surface area contributed by atoms with Crippen LogP contribution in [0.15, 0.2) is 18.2 Å². The van der Waals surface area contributed by atoms with Gasteiger partial charge in [0.15, 0.2) is 0 Å². The average Bonchev–Trinajstić information content (AvgIpc) is 2.26. The Labute approximate surface area is 109 Å². The molecule has 0 atom stereocenters. The lowest BCUT2D eigenvalue weighted by atomic mass is 9.81. The number of aromatic carboxylic acids is 1. The van der Waals surface area contributed by atoms with E-state index in [4.69, 9.17) is 5.11 Å². The van der Waals surface area contributed by atoms with Crippen molar-refractivity contribution >= 4 is 11.7 Å². The van der Waals surface area contributed by atoms with Gasteiger partial charge in [0, 0.05) is 12.2 Å². The van der Waals surface area contributed by atoms with Gasteiger partial charge in [-0.1, -0.05) is 33.8 Å². The van der Waals surface area contributed by atoms with Crippen molar-refractivity contribution in [1.29, 1.82) is 0 Å². The fraction of sp³-hybridized carbons (Fsp3) is 0.533. The molecule has 0 saturated carbocycles. The number of aryl methyl sites for hydroxylation is 1. The highest BCUT2D eigenvalue weighted by Gasteiger charge is 2.22. The Morgan fingerprint density at radius 3 is 2.50 bits per heavy atom. The monoisotopic (exact) mass is 249 g/mol. The summed E-state index contributed by atoms with van der Waals surface area (Å²) in [6, 6.07) is 5.37. The van der Waals surface area contributed by atoms with Gasteiger partial charge in [-0.05, 0) is 36.0 Å². The topological polar surface area (TPSA) is 49.3 Å². The molecule has 0 aliphatic rings. The molecule has 3 nitrogen and oxygen atoms in total. The van der Waals surface area contributed by atoms with Crippen LogP contribution in [0.25, 0.3) is 0 Å². The predicted molar refractivity (Wildman–Crippen MR) is 75.2 cm³/mol. The minimum atomic E-state index is -0.889. The zero-order chi connectivity index (χ0) is 13.9. The van der Waals surface area contributed by atoms with Gasteiger partial charge in [-0.25, -0.2) is 4.79 Å². The van der Waals surface area contributed by atoms with E-state index in [0.29, 0.717) is 17.2 Å². The standard InChI is InChI=1S/C15H23NO2/c1-10(2)15(4,5)9-16-13-8-11(3)6-7-12(13)14(17)18/h6-8,10,16H,9H2,1-5H3,(H,17,18). The van der Waals surface area contributed by atoms with Crippen LogP contribution in [-0.2, 0) is 0 Å². The first kappa shape index (κ1) is 14.6. The lowest BCUT2D eigenvalue weighted by molar-refractivity contribution is 0.0698. The van der Waals surface area contributed by atoms with Crippen LogP contribution < -0.4 is 5.32 Å². The third-order valence-electron chi connectivity index (χ3n) is 3.70. The molecule has 0 aliphatic heterocycles. The van der Waals surface area contributed by atoms with Crippen LogP contribution in [0.1, 0.15) is 43.6 Å². The minimum Gasteiger partial charge on any atom is -0.478 e. The first-order valence-corrected chi connectivity index (χ1v) is 6.32. The summed E-state index contributed by atoms with van der Waals surface area (Å²) in [5.41, 5.74) is 2.22. The number of carboxylic acids is 1. The summed E-state index contributed by atoms with van der Waals surface area (Å²) in [7, 11) is 0. The van der Waals surface area contributed by atoms with Gasteiger partial charge in [-0.3, -0.25) is 0 Å². The molecular weight excluding hydrogens is 226 g/mol. The molecule has 0 spiro atoms. The van der Waals surface area contributed by atoms with E-state index in [9.17, 15) is 4.79 Å². The molecule has 1 aromatic rings. The van der Waals surface area contributed by atoms with Gasteiger partial charge >= 0.3 is 5.97 Å². The number of carboxylic acid groups (broad SMARTS) is 1. The lowest BCUT2D eigenvalue weighted by Crippen LogP contribution is -2.29. The van der Waals surface area contributed by atoms with E-state index in [1.165, 1.54) is 0 Å². The summed E-state index contributed by atoms with van der Waals surface area (Å²) in [6.07, 6.45) is 0. The van der Waals surface area contributed by atoms with Crippen LogP contribution in [0, 0.1) is 18.3 Å². The molecule has 18 heavy (non-hydrogen) atoms. The molecule has 0 amide bonds. The summed E-state index contributed by atoms with van der Waals surface area (Å²) in [5, 5.41) is 12.4. The highest BCUT2D eigenvalue weighted by atomic mass is 16.4. The summed E-state index contributed by atoms with van der Waals surface area (Å²) in [4.78, 5) is 11.2. The first-order valence-electron chi connectivity index (χ1n) is 6.32. The van der Waals surface area contributed by atoms with E-state index in [1.807, 2.05) is 19.1 Å². The van der Waals surface area contributed by atoms with Crippen molar-refractivity contribution < 1.29 is 9.90 Å². The molecule has 0 aromatic heterocycles. The molecule has 0 saturated heterocycles. The van der Waals surface area contributed by atoms with Crippen molar-refractivity contribution in [2.45, 2.75) is 34.6 Å². The van der Waals surface area contributed by atoms with E-state index in [-0.39, 0.29) is 5.41 Å². The molecule has 0 bridgehead atoms. The van der Waals surface area contributed by atoms with Crippen molar-refractivity contribution in [3.05, 3.63) is 29.3 Å². The van der Waals surface area contributed by atoms with E-state index < -0.39 is 5.97 Å². The van der Waals surface area contributed by atoms with Gasteiger partial charge in [0.1, 0.15) is 0 Å². The molecule has 0 aliphatic carbocycles. The van der Waals surface area contributed by atoms with Crippen LogP contribution in [0.5, 0.6) is 0 Å². The van der Waals surface area contributed by atoms with Gasteiger partial charge < -0.3 is 10.4 Å². The summed E-state index contributed by atoms with van der Waals surface area (Å²) < 4.78 is 0. The van der Waals surface area contributed by atoms with Crippen molar-refractivity contribution in [2.24, 2.45) is 11.3 Å². The molecule has 3 heteroatoms. The predicted octanol–water partition coefficient (Wildman–Crippen LogP) is 3.79. The molecule has 0 radical (unpaired) electrons. The number of anilines is 1. The molecule has 0 fully saturated rings. The zero-order valence-corrected chi connectivity index (χ0v) is 11.9. The molecule has 0 heterocycles. The molecule has 1 aromatic carbocycles. The van der Waals surface area contributed by atoms with Crippen LogP contribution in [0.3, 0.4) is 0 Å². The van der Waals surface area contributed by atoms with Gasteiger partial charge in [-0.2, -0.15) is 0 Å². The van der Waals surface area contributed by atoms with E-state index >= 15 is 0 Å². The Kier molecular flexibility index (Phi) is 4.38. The Bertz CT molecular complexity index is 436. The number of hydrogen-bond donors (Lipinski definition) is 2. The SMILES string of the molecule is Cc1ccc(C(=O)O)c(NCC(C)(C)C(C)C)c1. The number of rotatable bonds is 5. The summed E-state index contributed by atoms with van der Waals surface area (Å²) in [5.74, 6) is -0.358. The lowest BCUT2D eigenvalue weighted by Gasteiger charge is -2.30. The van der Waals surface area contributed by atoms with Crippen molar-refractivity contribution in [2.75, 3.05) is 11.9 Å². The smallest absolute Gasteiger partial charge is 0.337 e. The van der Waals surface area contributed by atoms with E-state index in [2.05, 4.69) is 33.0 Å². The zero-order valence-electron chi connectivity index (χ0n) is 11.9. The maximum atomic E-state index is 11.2. The maximum absolute atomic E-state index is 11.2. The fourth-order valence-electron chi connectivity index (χ4n) is 1.52. The Balaban J connectivity index is 2.90. The van der Waals surface area contributed by atoms with Crippen LogP contribution in [0.4, 0.5) is 5.69 Å². The number of hydrogen-bond acceptors (Lipinski definition) is 2. The van der Waals surface area contributed by atoms with Crippen LogP contribution in [0.2, 0.25) is 0 Å².